The van der Waals surface area contributed by atoms with Crippen LogP contribution in [0.4, 0.5) is 0 Å². The first-order valence-electron chi connectivity index (χ1n) is 10.3. The van der Waals surface area contributed by atoms with Crippen LogP contribution in [0.5, 0.6) is 11.6 Å². The number of thioether (sulfide) groups is 1. The van der Waals surface area contributed by atoms with Crippen molar-refractivity contribution in [2.75, 3.05) is 0 Å². The number of para-hydroxylation sites is 1. The molecule has 0 bridgehead atoms. The third-order valence-corrected chi connectivity index (χ3v) is 6.31. The van der Waals surface area contributed by atoms with Crippen LogP contribution in [-0.4, -0.2) is 10.1 Å². The lowest BCUT2D eigenvalue weighted by Crippen LogP contribution is -2.17. The molecule has 0 N–H and O–H groups in total. The van der Waals surface area contributed by atoms with Crippen LogP contribution in [0.25, 0.3) is 0 Å². The quantitative estimate of drug-likeness (QED) is 0.404. The molecule has 1 heterocycles. The molecular formula is C26H29NO2S. The highest BCUT2D eigenvalue weighted by molar-refractivity contribution is 8.13. The predicted molar refractivity (Wildman–Crippen MR) is 125 cm³/mol. The van der Waals surface area contributed by atoms with Gasteiger partial charge < -0.3 is 4.74 Å². The molecule has 0 amide bonds. The Hall–Kier alpha value is -2.59. The largest absolute Gasteiger partial charge is 0.439 e. The van der Waals surface area contributed by atoms with Gasteiger partial charge in [0.05, 0.1) is 16.9 Å². The molecule has 1 unspecified atom stereocenters. The summed E-state index contributed by atoms with van der Waals surface area (Å²) in [4.78, 5) is 17.9. The number of carbonyl (C=O) groups is 1. The number of benzene rings is 2. The molecule has 3 nitrogen and oxygen atoms in total. The van der Waals surface area contributed by atoms with Crippen molar-refractivity contribution in [2.24, 2.45) is 5.92 Å². The Balaban J connectivity index is 1.75. The molecule has 0 radical (unpaired) electrons. The smallest absolute Gasteiger partial charge is 0.219 e. The van der Waals surface area contributed by atoms with Crippen LogP contribution in [-0.2, 0) is 4.79 Å². The SMILES string of the molecule is Cc1ccc(C(C(=O)S[C@@H](C)c2cccc(Oc3ccccc3)n2)C(C)C)cc1C. The van der Waals surface area contributed by atoms with Gasteiger partial charge in [-0.3, -0.25) is 4.79 Å². The van der Waals surface area contributed by atoms with Crippen LogP contribution in [0.15, 0.2) is 66.7 Å². The van der Waals surface area contributed by atoms with E-state index >= 15 is 0 Å². The fraction of sp³-hybridized carbons (Fsp3) is 0.308. The normalized spacial score (nSPS) is 13.1. The molecular weight excluding hydrogens is 390 g/mol. The van der Waals surface area contributed by atoms with Crippen molar-refractivity contribution in [1.82, 2.24) is 4.98 Å². The molecule has 3 rings (SSSR count). The molecule has 0 saturated carbocycles. The zero-order valence-electron chi connectivity index (χ0n) is 18.3. The number of aromatic nitrogens is 1. The van der Waals surface area contributed by atoms with Crippen LogP contribution in [0.3, 0.4) is 0 Å². The zero-order valence-corrected chi connectivity index (χ0v) is 19.1. The van der Waals surface area contributed by atoms with E-state index < -0.39 is 0 Å². The Morgan fingerprint density at radius 3 is 2.30 bits per heavy atom. The third-order valence-electron chi connectivity index (χ3n) is 5.23. The molecule has 0 saturated heterocycles. The number of hydrogen-bond donors (Lipinski definition) is 0. The average molecular weight is 420 g/mol. The second kappa shape index (κ2) is 9.94. The van der Waals surface area contributed by atoms with Gasteiger partial charge in [-0.15, -0.1) is 0 Å². The average Bonchev–Trinajstić information content (AvgIpc) is 2.71. The second-order valence-corrected chi connectivity index (χ2v) is 9.31. The minimum atomic E-state index is -0.138. The van der Waals surface area contributed by atoms with E-state index in [0.29, 0.717) is 5.88 Å². The van der Waals surface area contributed by atoms with Gasteiger partial charge in [0, 0.05) is 6.07 Å². The first-order chi connectivity index (χ1) is 14.3. The highest BCUT2D eigenvalue weighted by Crippen LogP contribution is 2.37. The Labute approximate surface area is 183 Å². The molecule has 30 heavy (non-hydrogen) atoms. The summed E-state index contributed by atoms with van der Waals surface area (Å²) in [5, 5.41) is 0.113. The van der Waals surface area contributed by atoms with E-state index in [1.165, 1.54) is 22.9 Å². The number of rotatable bonds is 7. The van der Waals surface area contributed by atoms with E-state index in [1.54, 1.807) is 0 Å². The van der Waals surface area contributed by atoms with E-state index in [-0.39, 0.29) is 22.2 Å². The van der Waals surface area contributed by atoms with Crippen LogP contribution in [0, 0.1) is 19.8 Å². The molecule has 0 aliphatic rings. The van der Waals surface area contributed by atoms with E-state index in [4.69, 9.17) is 4.74 Å². The maximum atomic E-state index is 13.2. The Morgan fingerprint density at radius 2 is 1.63 bits per heavy atom. The maximum absolute atomic E-state index is 13.2. The van der Waals surface area contributed by atoms with Crippen molar-refractivity contribution in [3.8, 4) is 11.6 Å². The predicted octanol–water partition coefficient (Wildman–Crippen LogP) is 7.25. The number of carbonyl (C=O) groups excluding carboxylic acids is 1. The summed E-state index contributed by atoms with van der Waals surface area (Å²) in [5.74, 6) is 1.36. The van der Waals surface area contributed by atoms with Crippen molar-refractivity contribution in [3.63, 3.8) is 0 Å². The van der Waals surface area contributed by atoms with Crippen LogP contribution in [0.1, 0.15) is 54.3 Å². The van der Waals surface area contributed by atoms with Crippen LogP contribution < -0.4 is 4.74 Å². The van der Waals surface area contributed by atoms with Gasteiger partial charge in [-0.1, -0.05) is 68.1 Å². The standard InChI is InChI=1S/C26H29NO2S/c1-17(2)25(21-15-14-18(3)19(4)16-21)26(28)30-20(5)23-12-9-13-24(27-23)29-22-10-7-6-8-11-22/h6-17,20,25H,1-5H3/t20-,25?/m0/s1. The molecule has 2 atom stereocenters. The summed E-state index contributed by atoms with van der Waals surface area (Å²) in [5.41, 5.74) is 4.39. The lowest BCUT2D eigenvalue weighted by molar-refractivity contribution is -0.113. The molecule has 2 aromatic carbocycles. The first-order valence-corrected chi connectivity index (χ1v) is 11.2. The van der Waals surface area contributed by atoms with Gasteiger partial charge >= 0.3 is 0 Å². The van der Waals surface area contributed by atoms with Crippen LogP contribution >= 0.6 is 11.8 Å². The van der Waals surface area contributed by atoms with Gasteiger partial charge in [-0.25, -0.2) is 4.98 Å². The van der Waals surface area contributed by atoms with Crippen molar-refractivity contribution in [1.29, 1.82) is 0 Å². The van der Waals surface area contributed by atoms with Crippen molar-refractivity contribution in [3.05, 3.63) is 89.1 Å². The molecule has 1 aromatic heterocycles. The molecule has 0 aliphatic heterocycles. The molecule has 156 valence electrons. The lowest BCUT2D eigenvalue weighted by Gasteiger charge is -2.22. The maximum Gasteiger partial charge on any atom is 0.219 e. The van der Waals surface area contributed by atoms with E-state index in [9.17, 15) is 4.79 Å². The fourth-order valence-electron chi connectivity index (χ4n) is 3.38. The Kier molecular flexibility index (Phi) is 7.33. The van der Waals surface area contributed by atoms with Gasteiger partial charge in [-0.2, -0.15) is 0 Å². The Morgan fingerprint density at radius 1 is 0.900 bits per heavy atom. The van der Waals surface area contributed by atoms with Gasteiger partial charge in [-0.05, 0) is 61.6 Å². The Bertz CT molecular complexity index is 1000. The monoisotopic (exact) mass is 419 g/mol. The van der Waals surface area contributed by atoms with Crippen molar-refractivity contribution in [2.45, 2.75) is 45.8 Å². The lowest BCUT2D eigenvalue weighted by atomic mass is 9.88. The van der Waals surface area contributed by atoms with E-state index in [2.05, 4.69) is 50.9 Å². The van der Waals surface area contributed by atoms with Gasteiger partial charge in [0.15, 0.2) is 5.12 Å². The number of aryl methyl sites for hydroxylation is 2. The fourth-order valence-corrected chi connectivity index (χ4v) is 4.54. The van der Waals surface area contributed by atoms with Gasteiger partial charge in [0.25, 0.3) is 0 Å². The summed E-state index contributed by atoms with van der Waals surface area (Å²) in [7, 11) is 0. The molecule has 0 aliphatic carbocycles. The highest BCUT2D eigenvalue weighted by atomic mass is 32.2. The molecule has 0 spiro atoms. The summed E-state index contributed by atoms with van der Waals surface area (Å²) in [6, 6.07) is 21.6. The molecule has 0 fully saturated rings. The number of pyridine rings is 1. The minimum absolute atomic E-state index is 0.0652. The number of hydrogen-bond acceptors (Lipinski definition) is 4. The van der Waals surface area contributed by atoms with Crippen LogP contribution in [0.2, 0.25) is 0 Å². The summed E-state index contributed by atoms with van der Waals surface area (Å²) in [6.45, 7) is 10.4. The minimum Gasteiger partial charge on any atom is -0.439 e. The first kappa shape index (κ1) is 22.1. The van der Waals surface area contributed by atoms with Gasteiger partial charge in [0.1, 0.15) is 5.75 Å². The summed E-state index contributed by atoms with van der Waals surface area (Å²) >= 11 is 1.35. The third kappa shape index (κ3) is 5.51. The molecule has 3 aromatic rings. The summed E-state index contributed by atoms with van der Waals surface area (Å²) in [6.07, 6.45) is 0. The zero-order chi connectivity index (χ0) is 21.7. The van der Waals surface area contributed by atoms with Crippen molar-refractivity contribution >= 4 is 16.9 Å². The van der Waals surface area contributed by atoms with Crippen molar-refractivity contribution < 1.29 is 9.53 Å². The molecule has 4 heteroatoms. The number of nitrogens with zero attached hydrogens (tertiary/aromatic N) is 1. The van der Waals surface area contributed by atoms with Gasteiger partial charge in [0.2, 0.25) is 5.88 Å². The van der Waals surface area contributed by atoms with E-state index in [1.807, 2.05) is 55.5 Å². The topological polar surface area (TPSA) is 39.2 Å². The second-order valence-electron chi connectivity index (χ2n) is 7.96. The summed E-state index contributed by atoms with van der Waals surface area (Å²) < 4.78 is 5.85. The highest BCUT2D eigenvalue weighted by Gasteiger charge is 2.27. The van der Waals surface area contributed by atoms with E-state index in [0.717, 1.165) is 17.0 Å². The number of ether oxygens (including phenoxy) is 1.